The van der Waals surface area contributed by atoms with Crippen LogP contribution in [0.5, 0.6) is 0 Å². The lowest BCUT2D eigenvalue weighted by Crippen LogP contribution is -2.21. The monoisotopic (exact) mass is 354 g/mol. The first-order valence-corrected chi connectivity index (χ1v) is 7.40. The lowest BCUT2D eigenvalue weighted by atomic mass is 10.2. The summed E-state index contributed by atoms with van der Waals surface area (Å²) < 4.78 is 38.8. The smallest absolute Gasteiger partial charge is 0.352 e. The van der Waals surface area contributed by atoms with E-state index in [0.717, 1.165) is 16.3 Å². The Balaban J connectivity index is 1.96. The van der Waals surface area contributed by atoms with Crippen molar-refractivity contribution >= 4 is 17.5 Å². The highest BCUT2D eigenvalue weighted by molar-refractivity contribution is 5.90. The molecule has 0 aliphatic carbocycles. The molecule has 0 aliphatic heterocycles. The van der Waals surface area contributed by atoms with Crippen LogP contribution in [0.15, 0.2) is 30.3 Å². The number of halogens is 3. The summed E-state index contributed by atoms with van der Waals surface area (Å²) in [5.41, 5.74) is 0.566. The average Bonchev–Trinajstić information content (AvgIpc) is 2.87. The van der Waals surface area contributed by atoms with Gasteiger partial charge in [-0.25, -0.2) is 0 Å². The first kappa shape index (κ1) is 18.5. The molecule has 2 N–H and O–H groups in total. The number of benzene rings is 1. The van der Waals surface area contributed by atoms with Gasteiger partial charge in [-0.15, -0.1) is 0 Å². The Morgan fingerprint density at radius 2 is 1.84 bits per heavy atom. The number of nitrogens with one attached hydrogen (secondary N) is 2. The Labute approximate surface area is 142 Å². The van der Waals surface area contributed by atoms with Gasteiger partial charge in [0, 0.05) is 24.8 Å². The Morgan fingerprint density at radius 1 is 1.20 bits per heavy atom. The summed E-state index contributed by atoms with van der Waals surface area (Å²) in [6.07, 6.45) is -4.55. The van der Waals surface area contributed by atoms with Gasteiger partial charge in [0.25, 0.3) is 0 Å². The van der Waals surface area contributed by atoms with Crippen molar-refractivity contribution in [3.63, 3.8) is 0 Å². The van der Waals surface area contributed by atoms with Crippen molar-refractivity contribution in [1.82, 2.24) is 15.1 Å². The number of aromatic nitrogens is 2. The molecule has 0 spiro atoms. The first-order chi connectivity index (χ1) is 11.6. The third kappa shape index (κ3) is 5.33. The Kier molecular flexibility index (Phi) is 5.45. The van der Waals surface area contributed by atoms with Crippen LogP contribution in [-0.4, -0.2) is 21.6 Å². The van der Waals surface area contributed by atoms with Gasteiger partial charge in [-0.2, -0.15) is 18.3 Å². The van der Waals surface area contributed by atoms with Crippen molar-refractivity contribution < 1.29 is 22.8 Å². The van der Waals surface area contributed by atoms with E-state index in [-0.39, 0.29) is 18.1 Å². The van der Waals surface area contributed by atoms with E-state index in [0.29, 0.717) is 12.2 Å². The van der Waals surface area contributed by atoms with Gasteiger partial charge in [-0.1, -0.05) is 12.1 Å². The largest absolute Gasteiger partial charge is 0.435 e. The second-order valence-electron chi connectivity index (χ2n) is 5.48. The lowest BCUT2D eigenvalue weighted by Gasteiger charge is -2.08. The van der Waals surface area contributed by atoms with Gasteiger partial charge in [0.05, 0.1) is 0 Å². The minimum absolute atomic E-state index is 0.148. The van der Waals surface area contributed by atoms with Crippen LogP contribution in [0, 0.1) is 6.92 Å². The van der Waals surface area contributed by atoms with Crippen molar-refractivity contribution in [1.29, 1.82) is 0 Å². The zero-order valence-corrected chi connectivity index (χ0v) is 13.6. The number of rotatable bonds is 5. The molecule has 1 aromatic carbocycles. The number of aryl methyl sites for hydroxylation is 1. The van der Waals surface area contributed by atoms with Crippen LogP contribution in [-0.2, 0) is 28.9 Å². The molecule has 0 bridgehead atoms. The van der Waals surface area contributed by atoms with E-state index in [4.69, 9.17) is 0 Å². The van der Waals surface area contributed by atoms with Crippen molar-refractivity contribution in [2.24, 2.45) is 0 Å². The van der Waals surface area contributed by atoms with E-state index in [1.165, 1.54) is 13.8 Å². The summed E-state index contributed by atoms with van der Waals surface area (Å²) in [7, 11) is 0. The second kappa shape index (κ2) is 7.37. The second-order valence-corrected chi connectivity index (χ2v) is 5.48. The van der Waals surface area contributed by atoms with Crippen LogP contribution < -0.4 is 10.6 Å². The van der Waals surface area contributed by atoms with Crippen LogP contribution in [0.25, 0.3) is 0 Å². The molecule has 0 fully saturated rings. The number of carbonyl (C=O) groups is 2. The zero-order valence-electron chi connectivity index (χ0n) is 13.6. The van der Waals surface area contributed by atoms with E-state index < -0.39 is 17.8 Å². The number of nitrogens with zero attached hydrogens (tertiary/aromatic N) is 2. The predicted molar refractivity (Wildman–Crippen MR) is 84.6 cm³/mol. The molecule has 6 nitrogen and oxygen atoms in total. The SMILES string of the molecule is CC(=O)NCc1ccc(NC(=O)Cn2nc(C(F)(F)F)cc2C)cc1. The highest BCUT2D eigenvalue weighted by atomic mass is 19.4. The summed E-state index contributed by atoms with van der Waals surface area (Å²) in [4.78, 5) is 22.8. The molecule has 2 aromatic rings. The molecule has 2 amide bonds. The minimum Gasteiger partial charge on any atom is -0.352 e. The average molecular weight is 354 g/mol. The van der Waals surface area contributed by atoms with Crippen molar-refractivity contribution in [3.05, 3.63) is 47.3 Å². The molecular formula is C16H17F3N4O2. The number of carbonyl (C=O) groups excluding carboxylic acids is 2. The molecule has 0 saturated heterocycles. The summed E-state index contributed by atoms with van der Waals surface area (Å²) in [6.45, 7) is 2.91. The van der Waals surface area contributed by atoms with E-state index in [1.54, 1.807) is 24.3 Å². The molecule has 0 atom stereocenters. The van der Waals surface area contributed by atoms with E-state index in [9.17, 15) is 22.8 Å². The number of hydrogen-bond acceptors (Lipinski definition) is 3. The fraction of sp³-hybridized carbons (Fsp3) is 0.312. The van der Waals surface area contributed by atoms with Crippen molar-refractivity contribution in [2.45, 2.75) is 33.1 Å². The quantitative estimate of drug-likeness (QED) is 0.866. The third-order valence-electron chi connectivity index (χ3n) is 3.34. The summed E-state index contributed by atoms with van der Waals surface area (Å²) in [6, 6.07) is 7.64. The zero-order chi connectivity index (χ0) is 18.6. The highest BCUT2D eigenvalue weighted by Crippen LogP contribution is 2.28. The first-order valence-electron chi connectivity index (χ1n) is 7.40. The molecule has 2 rings (SSSR count). The minimum atomic E-state index is -4.55. The number of alkyl halides is 3. The molecule has 25 heavy (non-hydrogen) atoms. The van der Waals surface area contributed by atoms with Gasteiger partial charge in [-0.05, 0) is 30.7 Å². The maximum Gasteiger partial charge on any atom is 0.435 e. The van der Waals surface area contributed by atoms with Crippen LogP contribution in [0.3, 0.4) is 0 Å². The van der Waals surface area contributed by atoms with Gasteiger partial charge in [0.1, 0.15) is 6.54 Å². The van der Waals surface area contributed by atoms with Crippen LogP contribution in [0.2, 0.25) is 0 Å². The summed E-state index contributed by atoms with van der Waals surface area (Å²) in [5, 5.41) is 8.64. The van der Waals surface area contributed by atoms with Crippen LogP contribution in [0.1, 0.15) is 23.9 Å². The van der Waals surface area contributed by atoms with E-state index in [1.807, 2.05) is 0 Å². The van der Waals surface area contributed by atoms with Gasteiger partial charge in [0.15, 0.2) is 5.69 Å². The Morgan fingerprint density at radius 3 is 2.36 bits per heavy atom. The predicted octanol–water partition coefficient (Wildman–Crippen LogP) is 2.49. The van der Waals surface area contributed by atoms with E-state index in [2.05, 4.69) is 15.7 Å². The van der Waals surface area contributed by atoms with Crippen molar-refractivity contribution in [2.75, 3.05) is 5.32 Å². The molecule has 0 unspecified atom stereocenters. The van der Waals surface area contributed by atoms with Gasteiger partial charge < -0.3 is 10.6 Å². The Bertz CT molecular complexity index is 767. The standard InChI is InChI=1S/C16H17F3N4O2/c1-10-7-14(16(17,18)19)22-23(10)9-15(25)21-13-5-3-12(4-6-13)8-20-11(2)24/h3-7H,8-9H2,1-2H3,(H,20,24)(H,21,25). The lowest BCUT2D eigenvalue weighted by molar-refractivity contribution is -0.141. The maximum atomic E-state index is 12.6. The molecule has 0 saturated carbocycles. The van der Waals surface area contributed by atoms with Gasteiger partial charge in [0.2, 0.25) is 11.8 Å². The molecule has 0 radical (unpaired) electrons. The number of hydrogen-bond donors (Lipinski definition) is 2. The topological polar surface area (TPSA) is 76.0 Å². The third-order valence-corrected chi connectivity index (χ3v) is 3.34. The normalized spacial score (nSPS) is 11.2. The molecule has 134 valence electrons. The molecule has 0 aliphatic rings. The molecule has 9 heteroatoms. The van der Waals surface area contributed by atoms with Gasteiger partial charge >= 0.3 is 6.18 Å². The summed E-state index contributed by atoms with van der Waals surface area (Å²) >= 11 is 0. The molecule has 1 heterocycles. The van der Waals surface area contributed by atoms with Crippen LogP contribution in [0.4, 0.5) is 18.9 Å². The van der Waals surface area contributed by atoms with Crippen molar-refractivity contribution in [3.8, 4) is 0 Å². The molecule has 1 aromatic heterocycles. The van der Waals surface area contributed by atoms with E-state index >= 15 is 0 Å². The fourth-order valence-corrected chi connectivity index (χ4v) is 2.08. The highest BCUT2D eigenvalue weighted by Gasteiger charge is 2.34. The maximum absolute atomic E-state index is 12.6. The molecular weight excluding hydrogens is 337 g/mol. The fourth-order valence-electron chi connectivity index (χ4n) is 2.08. The Hall–Kier alpha value is -2.84. The number of amides is 2. The van der Waals surface area contributed by atoms with Gasteiger partial charge in [-0.3, -0.25) is 14.3 Å². The summed E-state index contributed by atoms with van der Waals surface area (Å²) in [5.74, 6) is -0.639. The number of anilines is 1. The van der Waals surface area contributed by atoms with Crippen LogP contribution >= 0.6 is 0 Å².